The predicted molar refractivity (Wildman–Crippen MR) is 113 cm³/mol. The van der Waals surface area contributed by atoms with Gasteiger partial charge >= 0.3 is 5.69 Å². The van der Waals surface area contributed by atoms with Crippen molar-refractivity contribution in [3.63, 3.8) is 0 Å². The second-order valence-corrected chi connectivity index (χ2v) is 14.3. The van der Waals surface area contributed by atoms with Gasteiger partial charge in [0, 0.05) is 40.3 Å². The zero-order chi connectivity index (χ0) is 22.2. The maximum atomic E-state index is 13.1. The van der Waals surface area contributed by atoms with E-state index in [2.05, 4.69) is 19.6 Å². The molecule has 0 spiro atoms. The van der Waals surface area contributed by atoms with Crippen molar-refractivity contribution in [2.45, 2.75) is 44.6 Å². The van der Waals surface area contributed by atoms with Gasteiger partial charge in [0.05, 0.1) is 16.0 Å². The van der Waals surface area contributed by atoms with Gasteiger partial charge in [0.2, 0.25) is 5.91 Å². The number of non-ortho nitro benzene ring substituents is 1. The molecule has 1 unspecified atom stereocenters. The Balaban J connectivity index is 1.88. The zero-order valence-corrected chi connectivity index (χ0v) is 18.6. The van der Waals surface area contributed by atoms with Crippen molar-refractivity contribution in [3.05, 3.63) is 38.8 Å². The fourth-order valence-corrected chi connectivity index (χ4v) is 4.25. The second-order valence-electron chi connectivity index (χ2n) is 8.70. The highest BCUT2D eigenvalue weighted by molar-refractivity contribution is 6.76. The van der Waals surface area contributed by atoms with Crippen LogP contribution in [0.4, 0.5) is 5.69 Å². The number of nitro groups is 1. The van der Waals surface area contributed by atoms with Crippen LogP contribution >= 0.6 is 0 Å². The Morgan fingerprint density at radius 3 is 2.53 bits per heavy atom. The van der Waals surface area contributed by atoms with Crippen molar-refractivity contribution >= 4 is 36.6 Å². The number of imidazole rings is 1. The van der Waals surface area contributed by atoms with Crippen molar-refractivity contribution in [1.29, 1.82) is 0 Å². The van der Waals surface area contributed by atoms with Gasteiger partial charge in [0.15, 0.2) is 0 Å². The molecule has 1 fully saturated rings. The van der Waals surface area contributed by atoms with Crippen molar-refractivity contribution in [3.8, 4) is 0 Å². The monoisotopic (exact) mass is 434 g/mol. The molecule has 11 heteroatoms. The lowest BCUT2D eigenvalue weighted by Gasteiger charge is -2.31. The average molecular weight is 435 g/mol. The number of aryl methyl sites for hydroxylation is 1. The number of aromatic nitrogens is 2. The SMILES string of the molecule is Cn1c(=O)n(C2CCC(=O)N(COCC[Si](C)(C)C)C2=O)c2ccc([N+](=O)[O-])cc21. The summed E-state index contributed by atoms with van der Waals surface area (Å²) in [5, 5.41) is 11.1. The van der Waals surface area contributed by atoms with E-state index in [-0.39, 0.29) is 31.2 Å². The fourth-order valence-electron chi connectivity index (χ4n) is 3.50. The number of carbonyl (C=O) groups excluding carboxylic acids is 2. The summed E-state index contributed by atoms with van der Waals surface area (Å²) in [5.74, 6) is -0.819. The van der Waals surface area contributed by atoms with Crippen LogP contribution in [0.15, 0.2) is 23.0 Å². The molecular weight excluding hydrogens is 408 g/mol. The van der Waals surface area contributed by atoms with Gasteiger partial charge in [-0.1, -0.05) is 19.6 Å². The standard InChI is InChI=1S/C19H26N4O6Si/c1-20-16-11-13(23(27)28)5-6-14(16)22(19(20)26)15-7-8-17(24)21(18(15)25)12-29-9-10-30(2,3)4/h5-6,11,15H,7-10,12H2,1-4H3. The van der Waals surface area contributed by atoms with E-state index < -0.39 is 30.6 Å². The molecule has 162 valence electrons. The van der Waals surface area contributed by atoms with E-state index in [0.717, 1.165) is 10.9 Å². The first kappa shape index (κ1) is 21.9. The molecule has 2 heterocycles. The van der Waals surface area contributed by atoms with Crippen LogP contribution < -0.4 is 5.69 Å². The van der Waals surface area contributed by atoms with Crippen molar-refractivity contribution in [2.24, 2.45) is 7.05 Å². The minimum Gasteiger partial charge on any atom is -0.361 e. The van der Waals surface area contributed by atoms with Crippen molar-refractivity contribution in [1.82, 2.24) is 14.0 Å². The highest BCUT2D eigenvalue weighted by Gasteiger charge is 2.37. The Labute approximate surface area is 174 Å². The Bertz CT molecular complexity index is 1070. The largest absolute Gasteiger partial charge is 0.361 e. The Morgan fingerprint density at radius 2 is 1.90 bits per heavy atom. The van der Waals surface area contributed by atoms with E-state index in [1.54, 1.807) is 0 Å². The van der Waals surface area contributed by atoms with Gasteiger partial charge in [-0.25, -0.2) is 4.79 Å². The minimum absolute atomic E-state index is 0.115. The number of ether oxygens (including phenoxy) is 1. The number of hydrogen-bond acceptors (Lipinski definition) is 6. The summed E-state index contributed by atoms with van der Waals surface area (Å²) in [4.78, 5) is 49.8. The Hall–Kier alpha value is -2.79. The molecular formula is C19H26N4O6Si. The van der Waals surface area contributed by atoms with Crippen LogP contribution in [0.25, 0.3) is 11.0 Å². The molecule has 2 amide bonds. The van der Waals surface area contributed by atoms with Gasteiger partial charge in [-0.05, 0) is 18.5 Å². The first-order chi connectivity index (χ1) is 14.0. The summed E-state index contributed by atoms with van der Waals surface area (Å²) in [6.45, 7) is 6.96. The lowest BCUT2D eigenvalue weighted by Crippen LogP contribution is -2.48. The number of rotatable bonds is 7. The average Bonchev–Trinajstić information content (AvgIpc) is 2.91. The van der Waals surface area contributed by atoms with Crippen LogP contribution in [0.5, 0.6) is 0 Å². The van der Waals surface area contributed by atoms with Crippen molar-refractivity contribution < 1.29 is 19.2 Å². The summed E-state index contributed by atoms with van der Waals surface area (Å²) < 4.78 is 8.19. The molecule has 2 aromatic rings. The molecule has 0 N–H and O–H groups in total. The zero-order valence-electron chi connectivity index (χ0n) is 17.6. The quantitative estimate of drug-likeness (QED) is 0.217. The lowest BCUT2D eigenvalue weighted by molar-refractivity contribution is -0.384. The van der Waals surface area contributed by atoms with E-state index in [4.69, 9.17) is 4.74 Å². The summed E-state index contributed by atoms with van der Waals surface area (Å²) in [6, 6.07) is 4.12. The number of nitro benzene ring substituents is 1. The number of likely N-dealkylation sites (tertiary alicyclic amines) is 1. The lowest BCUT2D eigenvalue weighted by atomic mass is 10.0. The summed E-state index contributed by atoms with van der Waals surface area (Å²) in [7, 11) is 0.199. The van der Waals surface area contributed by atoms with E-state index in [1.165, 1.54) is 34.4 Å². The Morgan fingerprint density at radius 1 is 1.20 bits per heavy atom. The highest BCUT2D eigenvalue weighted by Crippen LogP contribution is 2.28. The fraction of sp³-hybridized carbons (Fsp3) is 0.526. The van der Waals surface area contributed by atoms with Crippen LogP contribution in [0.1, 0.15) is 18.9 Å². The molecule has 1 aliphatic rings. The van der Waals surface area contributed by atoms with E-state index in [0.29, 0.717) is 17.6 Å². The number of carbonyl (C=O) groups is 2. The van der Waals surface area contributed by atoms with Crippen molar-refractivity contribution in [2.75, 3.05) is 13.3 Å². The molecule has 10 nitrogen and oxygen atoms in total. The first-order valence-corrected chi connectivity index (χ1v) is 13.5. The third-order valence-corrected chi connectivity index (χ3v) is 7.00. The molecule has 1 saturated heterocycles. The molecule has 0 bridgehead atoms. The minimum atomic E-state index is -1.30. The van der Waals surface area contributed by atoms with Crippen LogP contribution in [0, 0.1) is 10.1 Å². The van der Waals surface area contributed by atoms with Crippen LogP contribution in [0.2, 0.25) is 25.7 Å². The number of imide groups is 1. The number of hydrogen-bond donors (Lipinski definition) is 0. The number of nitrogens with zero attached hydrogens (tertiary/aromatic N) is 4. The van der Waals surface area contributed by atoms with Gasteiger partial charge in [-0.2, -0.15) is 0 Å². The molecule has 1 aromatic heterocycles. The van der Waals surface area contributed by atoms with Gasteiger partial charge in [0.25, 0.3) is 11.6 Å². The third kappa shape index (κ3) is 4.21. The Kier molecular flexibility index (Phi) is 5.95. The summed E-state index contributed by atoms with van der Waals surface area (Å²) >= 11 is 0. The van der Waals surface area contributed by atoms with E-state index >= 15 is 0 Å². The van der Waals surface area contributed by atoms with E-state index in [9.17, 15) is 24.5 Å². The van der Waals surface area contributed by atoms with Crippen LogP contribution in [-0.2, 0) is 21.4 Å². The number of piperidine rings is 1. The summed E-state index contributed by atoms with van der Waals surface area (Å²) in [6.07, 6.45) is 0.308. The third-order valence-electron chi connectivity index (χ3n) is 5.30. The molecule has 3 rings (SSSR count). The molecule has 1 aliphatic heterocycles. The molecule has 0 saturated carbocycles. The van der Waals surface area contributed by atoms with Gasteiger partial charge in [-0.15, -0.1) is 0 Å². The molecule has 0 radical (unpaired) electrons. The maximum absolute atomic E-state index is 13.1. The van der Waals surface area contributed by atoms with E-state index in [1.807, 2.05) is 0 Å². The predicted octanol–water partition coefficient (Wildman–Crippen LogP) is 2.25. The van der Waals surface area contributed by atoms with Gasteiger partial charge in [0.1, 0.15) is 12.8 Å². The van der Waals surface area contributed by atoms with Gasteiger partial charge < -0.3 is 4.74 Å². The number of amides is 2. The molecule has 1 aromatic carbocycles. The molecule has 1 atom stereocenters. The van der Waals surface area contributed by atoms with Crippen LogP contribution in [-0.4, -0.2) is 52.2 Å². The first-order valence-electron chi connectivity index (χ1n) is 9.78. The topological polar surface area (TPSA) is 117 Å². The van der Waals surface area contributed by atoms with Gasteiger partial charge in [-0.3, -0.25) is 33.7 Å². The number of fused-ring (bicyclic) bond motifs is 1. The highest BCUT2D eigenvalue weighted by atomic mass is 28.3. The second kappa shape index (κ2) is 8.15. The molecule has 30 heavy (non-hydrogen) atoms. The maximum Gasteiger partial charge on any atom is 0.329 e. The van der Waals surface area contributed by atoms with Crippen LogP contribution in [0.3, 0.4) is 0 Å². The molecule has 0 aliphatic carbocycles. The number of benzene rings is 1. The summed E-state index contributed by atoms with van der Waals surface area (Å²) in [5.41, 5.74) is 0.174. The smallest absolute Gasteiger partial charge is 0.329 e. The normalized spacial score (nSPS) is 17.7.